The van der Waals surface area contributed by atoms with Crippen molar-refractivity contribution in [2.75, 3.05) is 26.2 Å². The van der Waals surface area contributed by atoms with Crippen molar-refractivity contribution >= 4 is 11.9 Å². The molecule has 0 saturated carbocycles. The van der Waals surface area contributed by atoms with E-state index in [9.17, 15) is 14.7 Å². The molecule has 2 aliphatic heterocycles. The number of rotatable bonds is 4. The van der Waals surface area contributed by atoms with E-state index in [0.29, 0.717) is 13.1 Å². The number of likely N-dealkylation sites (tertiary alicyclic amines) is 1. The molecular formula is C13H23N3O3. The van der Waals surface area contributed by atoms with E-state index < -0.39 is 5.54 Å². The molecule has 0 spiro atoms. The number of carbonyl (C=O) groups excluding carboxylic acids is 2. The van der Waals surface area contributed by atoms with Crippen molar-refractivity contribution in [2.24, 2.45) is 0 Å². The molecule has 2 saturated heterocycles. The predicted octanol–water partition coefficient (Wildman–Crippen LogP) is 0.164. The quantitative estimate of drug-likeness (QED) is 0.713. The van der Waals surface area contributed by atoms with Gasteiger partial charge in [-0.2, -0.15) is 0 Å². The molecule has 1 atom stereocenters. The maximum absolute atomic E-state index is 12.0. The molecule has 2 heterocycles. The number of nitrogens with one attached hydrogen (secondary N) is 1. The molecule has 2 aliphatic rings. The van der Waals surface area contributed by atoms with Gasteiger partial charge in [0.2, 0.25) is 0 Å². The van der Waals surface area contributed by atoms with Crippen molar-refractivity contribution in [3.05, 3.63) is 0 Å². The van der Waals surface area contributed by atoms with Crippen molar-refractivity contribution in [1.29, 1.82) is 0 Å². The third-order valence-electron chi connectivity index (χ3n) is 3.78. The molecule has 0 aromatic heterocycles. The van der Waals surface area contributed by atoms with Crippen LogP contribution in [0.25, 0.3) is 0 Å². The topological polar surface area (TPSA) is 72.9 Å². The number of imide groups is 1. The number of aliphatic hydroxyl groups is 1. The SMILES string of the molecule is CC1(C)NC(=O)N(CCCN2CCCC(O)C2)C1=O. The van der Waals surface area contributed by atoms with E-state index >= 15 is 0 Å². The second kappa shape index (κ2) is 5.46. The zero-order valence-corrected chi connectivity index (χ0v) is 11.7. The van der Waals surface area contributed by atoms with Gasteiger partial charge >= 0.3 is 6.03 Å². The zero-order chi connectivity index (χ0) is 14.0. The average Bonchev–Trinajstić information content (AvgIpc) is 2.51. The molecule has 108 valence electrons. The summed E-state index contributed by atoms with van der Waals surface area (Å²) in [7, 11) is 0. The van der Waals surface area contributed by atoms with Gasteiger partial charge in [0, 0.05) is 13.1 Å². The summed E-state index contributed by atoms with van der Waals surface area (Å²) in [4.78, 5) is 27.1. The normalized spacial score (nSPS) is 27.7. The lowest BCUT2D eigenvalue weighted by Gasteiger charge is -2.30. The minimum Gasteiger partial charge on any atom is -0.392 e. The third-order valence-corrected chi connectivity index (χ3v) is 3.78. The van der Waals surface area contributed by atoms with E-state index in [0.717, 1.165) is 32.4 Å². The van der Waals surface area contributed by atoms with E-state index in [1.807, 2.05) is 0 Å². The molecule has 2 fully saturated rings. The van der Waals surface area contributed by atoms with Gasteiger partial charge < -0.3 is 15.3 Å². The average molecular weight is 269 g/mol. The Morgan fingerprint density at radius 1 is 1.37 bits per heavy atom. The van der Waals surface area contributed by atoms with Crippen LogP contribution in [0.15, 0.2) is 0 Å². The lowest BCUT2D eigenvalue weighted by Crippen LogP contribution is -2.41. The molecule has 19 heavy (non-hydrogen) atoms. The van der Waals surface area contributed by atoms with Gasteiger partial charge in [-0.15, -0.1) is 0 Å². The Bertz CT molecular complexity index is 370. The molecule has 3 amide bonds. The van der Waals surface area contributed by atoms with Crippen LogP contribution >= 0.6 is 0 Å². The number of urea groups is 1. The number of aliphatic hydroxyl groups excluding tert-OH is 1. The summed E-state index contributed by atoms with van der Waals surface area (Å²) in [6.45, 7) is 6.38. The van der Waals surface area contributed by atoms with Gasteiger partial charge in [-0.1, -0.05) is 0 Å². The number of β-amino-alcohol motifs (C(OH)–C–C–N with tert-alkyl or cyclic N) is 1. The van der Waals surface area contributed by atoms with E-state index in [-0.39, 0.29) is 18.0 Å². The first-order valence-corrected chi connectivity index (χ1v) is 6.95. The van der Waals surface area contributed by atoms with Crippen LogP contribution in [0.4, 0.5) is 4.79 Å². The first-order chi connectivity index (χ1) is 8.90. The zero-order valence-electron chi connectivity index (χ0n) is 11.7. The van der Waals surface area contributed by atoms with Gasteiger partial charge in [-0.3, -0.25) is 9.69 Å². The molecule has 0 aromatic carbocycles. The summed E-state index contributed by atoms with van der Waals surface area (Å²) in [5.41, 5.74) is -0.779. The van der Waals surface area contributed by atoms with Gasteiger partial charge in [0.05, 0.1) is 6.10 Å². The third kappa shape index (κ3) is 3.25. The second-order valence-corrected chi connectivity index (χ2v) is 5.96. The number of amides is 3. The highest BCUT2D eigenvalue weighted by atomic mass is 16.3. The van der Waals surface area contributed by atoms with Gasteiger partial charge in [-0.25, -0.2) is 4.79 Å². The molecule has 2 rings (SSSR count). The fraction of sp³-hybridized carbons (Fsp3) is 0.846. The lowest BCUT2D eigenvalue weighted by molar-refractivity contribution is -0.130. The Hall–Kier alpha value is -1.14. The fourth-order valence-corrected chi connectivity index (χ4v) is 2.71. The summed E-state index contributed by atoms with van der Waals surface area (Å²) >= 11 is 0. The highest BCUT2D eigenvalue weighted by Crippen LogP contribution is 2.17. The number of piperidine rings is 1. The predicted molar refractivity (Wildman–Crippen MR) is 70.6 cm³/mol. The standard InChI is InChI=1S/C13H23N3O3/c1-13(2)11(18)16(12(19)14-13)8-4-7-15-6-3-5-10(17)9-15/h10,17H,3-9H2,1-2H3,(H,14,19). The number of nitrogens with zero attached hydrogens (tertiary/aromatic N) is 2. The van der Waals surface area contributed by atoms with Crippen LogP contribution in [0, 0.1) is 0 Å². The van der Waals surface area contributed by atoms with Crippen LogP contribution < -0.4 is 5.32 Å². The van der Waals surface area contributed by atoms with Gasteiger partial charge in [0.15, 0.2) is 0 Å². The van der Waals surface area contributed by atoms with Crippen molar-refractivity contribution < 1.29 is 14.7 Å². The maximum atomic E-state index is 12.0. The van der Waals surface area contributed by atoms with Gasteiger partial charge in [-0.05, 0) is 46.2 Å². The Kier molecular flexibility index (Phi) is 4.10. The summed E-state index contributed by atoms with van der Waals surface area (Å²) in [6.07, 6.45) is 2.40. The Morgan fingerprint density at radius 2 is 2.11 bits per heavy atom. The number of hydrogen-bond donors (Lipinski definition) is 2. The Morgan fingerprint density at radius 3 is 2.68 bits per heavy atom. The van der Waals surface area contributed by atoms with Crippen LogP contribution in [0.5, 0.6) is 0 Å². The maximum Gasteiger partial charge on any atom is 0.325 e. The van der Waals surface area contributed by atoms with Crippen molar-refractivity contribution in [3.63, 3.8) is 0 Å². The molecule has 1 unspecified atom stereocenters. The highest BCUT2D eigenvalue weighted by molar-refractivity contribution is 6.06. The van der Waals surface area contributed by atoms with E-state index in [1.54, 1.807) is 13.8 Å². The summed E-state index contributed by atoms with van der Waals surface area (Å²) in [6, 6.07) is -0.298. The largest absolute Gasteiger partial charge is 0.392 e. The van der Waals surface area contributed by atoms with Crippen LogP contribution in [0.2, 0.25) is 0 Å². The van der Waals surface area contributed by atoms with E-state index in [1.165, 1.54) is 4.90 Å². The summed E-state index contributed by atoms with van der Waals surface area (Å²) in [5.74, 6) is -0.156. The molecule has 6 heteroatoms. The van der Waals surface area contributed by atoms with Gasteiger partial charge in [0.1, 0.15) is 5.54 Å². The molecule has 2 N–H and O–H groups in total. The van der Waals surface area contributed by atoms with E-state index in [4.69, 9.17) is 0 Å². The van der Waals surface area contributed by atoms with Crippen molar-refractivity contribution in [3.8, 4) is 0 Å². The summed E-state index contributed by atoms with van der Waals surface area (Å²) in [5, 5.41) is 12.2. The second-order valence-electron chi connectivity index (χ2n) is 5.96. The van der Waals surface area contributed by atoms with Crippen molar-refractivity contribution in [2.45, 2.75) is 44.8 Å². The minimum atomic E-state index is -0.779. The Labute approximate surface area is 113 Å². The number of hydrogen-bond acceptors (Lipinski definition) is 4. The minimum absolute atomic E-state index is 0.156. The van der Waals surface area contributed by atoms with Gasteiger partial charge in [0.25, 0.3) is 5.91 Å². The number of carbonyl (C=O) groups is 2. The molecule has 0 bridgehead atoms. The van der Waals surface area contributed by atoms with Crippen LogP contribution in [0.3, 0.4) is 0 Å². The lowest BCUT2D eigenvalue weighted by atomic mass is 10.1. The van der Waals surface area contributed by atoms with Crippen LogP contribution in [-0.2, 0) is 4.79 Å². The summed E-state index contributed by atoms with van der Waals surface area (Å²) < 4.78 is 0. The molecule has 0 aliphatic carbocycles. The van der Waals surface area contributed by atoms with Crippen LogP contribution in [-0.4, -0.2) is 64.7 Å². The Balaban J connectivity index is 1.77. The molecule has 6 nitrogen and oxygen atoms in total. The molecule has 0 radical (unpaired) electrons. The van der Waals surface area contributed by atoms with E-state index in [2.05, 4.69) is 10.2 Å². The fourth-order valence-electron chi connectivity index (χ4n) is 2.71. The first kappa shape index (κ1) is 14.3. The first-order valence-electron chi connectivity index (χ1n) is 6.95. The smallest absolute Gasteiger partial charge is 0.325 e. The monoisotopic (exact) mass is 269 g/mol. The van der Waals surface area contributed by atoms with Crippen molar-refractivity contribution in [1.82, 2.24) is 15.1 Å². The van der Waals surface area contributed by atoms with Crippen LogP contribution in [0.1, 0.15) is 33.1 Å². The molecular weight excluding hydrogens is 246 g/mol. The molecule has 0 aromatic rings. The highest BCUT2D eigenvalue weighted by Gasteiger charge is 2.43.